The Morgan fingerprint density at radius 2 is 1.94 bits per heavy atom. The lowest BCUT2D eigenvalue weighted by Gasteiger charge is -2.31. The van der Waals surface area contributed by atoms with Gasteiger partial charge >= 0.3 is 0 Å². The highest BCUT2D eigenvalue weighted by Crippen LogP contribution is 2.34. The topological polar surface area (TPSA) is 9.23 Å². The molecule has 0 N–H and O–H groups in total. The minimum atomic E-state index is 0.141. The van der Waals surface area contributed by atoms with Crippen molar-refractivity contribution >= 4 is 47.8 Å². The maximum atomic E-state index is 5.15. The quantitative estimate of drug-likeness (QED) is 0.443. The van der Waals surface area contributed by atoms with Gasteiger partial charge in [0, 0.05) is 34.3 Å². The van der Waals surface area contributed by atoms with Crippen LogP contribution in [0.5, 0.6) is 0 Å². The number of alkyl halides is 2. The van der Waals surface area contributed by atoms with E-state index in [9.17, 15) is 0 Å². The van der Waals surface area contributed by atoms with Crippen LogP contribution in [0.2, 0.25) is 0 Å². The minimum absolute atomic E-state index is 0.141. The summed E-state index contributed by atoms with van der Waals surface area (Å²) in [6.45, 7) is 0.815. The standard InChI is InChI=1S/C13H17Br3O/c1-17-7-3-6-13(9-14,10-15)11-4-2-5-12(16)8-11/h2,4-5,8H,3,6-7,9-10H2,1H3. The van der Waals surface area contributed by atoms with Crippen LogP contribution < -0.4 is 0 Å². The van der Waals surface area contributed by atoms with Crippen molar-refractivity contribution in [3.8, 4) is 0 Å². The fourth-order valence-corrected chi connectivity index (χ4v) is 4.38. The van der Waals surface area contributed by atoms with Gasteiger partial charge in [-0.2, -0.15) is 0 Å². The highest BCUT2D eigenvalue weighted by Gasteiger charge is 2.29. The monoisotopic (exact) mass is 426 g/mol. The van der Waals surface area contributed by atoms with E-state index in [2.05, 4.69) is 72.1 Å². The first kappa shape index (κ1) is 15.7. The summed E-state index contributed by atoms with van der Waals surface area (Å²) in [5.41, 5.74) is 1.50. The van der Waals surface area contributed by atoms with Crippen LogP contribution >= 0.6 is 47.8 Å². The van der Waals surface area contributed by atoms with Gasteiger partial charge < -0.3 is 4.74 Å². The van der Waals surface area contributed by atoms with E-state index in [1.807, 2.05) is 0 Å². The van der Waals surface area contributed by atoms with Crippen LogP contribution in [0.4, 0.5) is 0 Å². The van der Waals surface area contributed by atoms with Crippen LogP contribution in [-0.4, -0.2) is 24.4 Å². The van der Waals surface area contributed by atoms with Crippen molar-refractivity contribution in [3.05, 3.63) is 34.3 Å². The summed E-state index contributed by atoms with van der Waals surface area (Å²) < 4.78 is 6.28. The first-order valence-corrected chi connectivity index (χ1v) is 8.59. The molecule has 0 radical (unpaired) electrons. The molecule has 0 aliphatic heterocycles. The molecule has 1 nitrogen and oxygen atoms in total. The van der Waals surface area contributed by atoms with Crippen LogP contribution in [0, 0.1) is 0 Å². The fraction of sp³-hybridized carbons (Fsp3) is 0.538. The summed E-state index contributed by atoms with van der Waals surface area (Å²) in [5.74, 6) is 0. The first-order chi connectivity index (χ1) is 8.18. The molecule has 1 aromatic rings. The van der Waals surface area contributed by atoms with Gasteiger partial charge in [0.2, 0.25) is 0 Å². The molecule has 0 aliphatic rings. The molecule has 0 aliphatic carbocycles. The van der Waals surface area contributed by atoms with Crippen LogP contribution in [0.25, 0.3) is 0 Å². The predicted molar refractivity (Wildman–Crippen MR) is 84.5 cm³/mol. The van der Waals surface area contributed by atoms with Gasteiger partial charge in [0.05, 0.1) is 0 Å². The van der Waals surface area contributed by atoms with Crippen molar-refractivity contribution in [1.29, 1.82) is 0 Å². The van der Waals surface area contributed by atoms with Crippen molar-refractivity contribution in [2.24, 2.45) is 0 Å². The number of methoxy groups -OCH3 is 1. The zero-order chi connectivity index (χ0) is 12.7. The third-order valence-electron chi connectivity index (χ3n) is 2.95. The van der Waals surface area contributed by atoms with Crippen molar-refractivity contribution in [2.75, 3.05) is 24.4 Å². The smallest absolute Gasteiger partial charge is 0.0462 e. The van der Waals surface area contributed by atoms with Crippen LogP contribution in [0.15, 0.2) is 28.7 Å². The molecule has 1 aromatic carbocycles. The zero-order valence-electron chi connectivity index (χ0n) is 9.89. The molecule has 0 aromatic heterocycles. The van der Waals surface area contributed by atoms with Crippen LogP contribution in [0.3, 0.4) is 0 Å². The van der Waals surface area contributed by atoms with Gasteiger partial charge in [0.15, 0.2) is 0 Å². The van der Waals surface area contributed by atoms with Crippen LogP contribution in [-0.2, 0) is 10.2 Å². The molecule has 1 rings (SSSR count). The van der Waals surface area contributed by atoms with Crippen molar-refractivity contribution in [2.45, 2.75) is 18.3 Å². The van der Waals surface area contributed by atoms with Crippen molar-refractivity contribution < 1.29 is 4.74 Å². The van der Waals surface area contributed by atoms with Gasteiger partial charge in [0.1, 0.15) is 0 Å². The second-order valence-electron chi connectivity index (χ2n) is 4.15. The highest BCUT2D eigenvalue weighted by molar-refractivity contribution is 9.10. The lowest BCUT2D eigenvalue weighted by molar-refractivity contribution is 0.186. The van der Waals surface area contributed by atoms with E-state index in [-0.39, 0.29) is 5.41 Å². The molecule has 0 spiro atoms. The Morgan fingerprint density at radius 3 is 2.47 bits per heavy atom. The SMILES string of the molecule is COCCCC(CBr)(CBr)c1cccc(Br)c1. The average Bonchev–Trinajstić information content (AvgIpc) is 2.35. The van der Waals surface area contributed by atoms with Gasteiger partial charge in [-0.25, -0.2) is 0 Å². The molecule has 0 unspecified atom stereocenters. The molecule has 4 heteroatoms. The van der Waals surface area contributed by atoms with Gasteiger partial charge in [0.25, 0.3) is 0 Å². The van der Waals surface area contributed by atoms with Gasteiger partial charge in [-0.05, 0) is 30.5 Å². The lowest BCUT2D eigenvalue weighted by Crippen LogP contribution is -2.30. The average molecular weight is 429 g/mol. The Hall–Kier alpha value is 0.620. The number of halogens is 3. The largest absolute Gasteiger partial charge is 0.385 e. The summed E-state index contributed by atoms with van der Waals surface area (Å²) in [7, 11) is 1.75. The summed E-state index contributed by atoms with van der Waals surface area (Å²) in [5, 5.41) is 1.90. The molecule has 0 fully saturated rings. The van der Waals surface area contributed by atoms with E-state index >= 15 is 0 Å². The summed E-state index contributed by atoms with van der Waals surface area (Å²) in [4.78, 5) is 0. The third-order valence-corrected chi connectivity index (χ3v) is 5.59. The Labute approximate surface area is 129 Å². The maximum absolute atomic E-state index is 5.15. The third kappa shape index (κ3) is 4.34. The van der Waals surface area contributed by atoms with Crippen molar-refractivity contribution in [1.82, 2.24) is 0 Å². The molecular weight excluding hydrogens is 412 g/mol. The van der Waals surface area contributed by atoms with Crippen molar-refractivity contribution in [3.63, 3.8) is 0 Å². The Bertz CT molecular complexity index is 337. The number of hydrogen-bond acceptors (Lipinski definition) is 1. The van der Waals surface area contributed by atoms with Gasteiger partial charge in [-0.15, -0.1) is 0 Å². The lowest BCUT2D eigenvalue weighted by atomic mass is 9.80. The van der Waals surface area contributed by atoms with Gasteiger partial charge in [-0.3, -0.25) is 0 Å². The summed E-state index contributed by atoms with van der Waals surface area (Å²) >= 11 is 10.9. The number of benzene rings is 1. The predicted octanol–water partition coefficient (Wildman–Crippen LogP) is 4.90. The fourth-order valence-electron chi connectivity index (χ4n) is 1.84. The molecule has 0 heterocycles. The number of rotatable bonds is 7. The Morgan fingerprint density at radius 1 is 1.24 bits per heavy atom. The van der Waals surface area contributed by atoms with Crippen LogP contribution in [0.1, 0.15) is 18.4 Å². The Balaban J connectivity index is 2.89. The number of ether oxygens (including phenoxy) is 1. The minimum Gasteiger partial charge on any atom is -0.385 e. The second kappa shape index (κ2) is 7.93. The second-order valence-corrected chi connectivity index (χ2v) is 6.19. The maximum Gasteiger partial charge on any atom is 0.0462 e. The normalized spacial score (nSPS) is 11.8. The molecule has 0 atom stereocenters. The van der Waals surface area contributed by atoms with E-state index in [1.165, 1.54) is 5.56 Å². The van der Waals surface area contributed by atoms with E-state index in [0.29, 0.717) is 0 Å². The molecule has 0 amide bonds. The van der Waals surface area contributed by atoms with Gasteiger partial charge in [-0.1, -0.05) is 59.9 Å². The summed E-state index contributed by atoms with van der Waals surface area (Å²) in [6, 6.07) is 8.55. The first-order valence-electron chi connectivity index (χ1n) is 5.55. The molecule has 0 saturated carbocycles. The highest BCUT2D eigenvalue weighted by atomic mass is 79.9. The zero-order valence-corrected chi connectivity index (χ0v) is 14.6. The van der Waals surface area contributed by atoms with E-state index in [4.69, 9.17) is 4.74 Å². The molecule has 0 saturated heterocycles. The summed E-state index contributed by atoms with van der Waals surface area (Å²) in [6.07, 6.45) is 2.17. The van der Waals surface area contributed by atoms with E-state index in [0.717, 1.165) is 34.6 Å². The van der Waals surface area contributed by atoms with E-state index < -0.39 is 0 Å². The molecule has 96 valence electrons. The molecule has 0 bridgehead atoms. The number of hydrogen-bond donors (Lipinski definition) is 0. The van der Waals surface area contributed by atoms with E-state index in [1.54, 1.807) is 7.11 Å². The molecule has 17 heavy (non-hydrogen) atoms. The molecular formula is C13H17Br3O. The Kier molecular flexibility index (Phi) is 7.31.